The first-order valence-electron chi connectivity index (χ1n) is 5.74. The number of ketones is 1. The lowest BCUT2D eigenvalue weighted by molar-refractivity contribution is -0.149. The molecule has 1 rings (SSSR count). The van der Waals surface area contributed by atoms with E-state index in [2.05, 4.69) is 4.74 Å². The van der Waals surface area contributed by atoms with Crippen molar-refractivity contribution < 1.29 is 24.2 Å². The van der Waals surface area contributed by atoms with E-state index in [1.165, 1.54) is 0 Å². The molecule has 0 aliphatic rings. The zero-order valence-corrected chi connectivity index (χ0v) is 11.0. The molecule has 0 spiro atoms. The zero-order chi connectivity index (χ0) is 14.4. The maximum absolute atomic E-state index is 11.3. The molecule has 1 N–H and O–H groups in total. The third kappa shape index (κ3) is 4.13. The van der Waals surface area contributed by atoms with Gasteiger partial charge in [0.2, 0.25) is 0 Å². The lowest BCUT2D eigenvalue weighted by Gasteiger charge is -2.13. The molecule has 0 aliphatic heterocycles. The summed E-state index contributed by atoms with van der Waals surface area (Å²) in [5, 5.41) is 9.88. The van der Waals surface area contributed by atoms with Crippen LogP contribution in [0.4, 0.5) is 0 Å². The van der Waals surface area contributed by atoms with Crippen molar-refractivity contribution in [2.24, 2.45) is 0 Å². The van der Waals surface area contributed by atoms with Crippen molar-refractivity contribution in [3.8, 4) is 5.75 Å². The van der Waals surface area contributed by atoms with Crippen LogP contribution in [-0.2, 0) is 14.3 Å². The van der Waals surface area contributed by atoms with E-state index in [0.29, 0.717) is 11.3 Å². The first-order valence-corrected chi connectivity index (χ1v) is 5.74. The fourth-order valence-corrected chi connectivity index (χ4v) is 1.40. The van der Waals surface area contributed by atoms with Gasteiger partial charge < -0.3 is 14.6 Å². The highest BCUT2D eigenvalue weighted by Crippen LogP contribution is 2.25. The van der Waals surface area contributed by atoms with Crippen LogP contribution in [0.2, 0.25) is 0 Å². The summed E-state index contributed by atoms with van der Waals surface area (Å²) in [5.41, 5.74) is 0.341. The standard InChI is InChI=1S/C14H16O5/c1-9(2)19-13-7-5-4-6-10(13)11(15)8-12(16)14(17)18-3/h4-9,15H,1-3H3. The summed E-state index contributed by atoms with van der Waals surface area (Å²) >= 11 is 0. The first-order chi connectivity index (χ1) is 8.95. The SMILES string of the molecule is COC(=O)C(=O)C=C(O)c1ccccc1OC(C)C. The smallest absolute Gasteiger partial charge is 0.378 e. The second-order valence-corrected chi connectivity index (χ2v) is 4.05. The molecule has 0 unspecified atom stereocenters. The molecule has 5 nitrogen and oxygen atoms in total. The third-order valence-corrected chi connectivity index (χ3v) is 2.18. The number of hydrogen-bond acceptors (Lipinski definition) is 5. The number of aliphatic hydroxyl groups is 1. The van der Waals surface area contributed by atoms with Crippen molar-refractivity contribution in [2.45, 2.75) is 20.0 Å². The molecule has 0 aliphatic carbocycles. The van der Waals surface area contributed by atoms with E-state index < -0.39 is 11.8 Å². The van der Waals surface area contributed by atoms with E-state index >= 15 is 0 Å². The van der Waals surface area contributed by atoms with Crippen molar-refractivity contribution in [1.29, 1.82) is 0 Å². The number of benzene rings is 1. The molecular formula is C14H16O5. The highest BCUT2D eigenvalue weighted by molar-refractivity contribution is 6.39. The molecule has 0 saturated heterocycles. The minimum atomic E-state index is -1.03. The minimum absolute atomic E-state index is 0.0785. The number of esters is 1. The summed E-state index contributed by atoms with van der Waals surface area (Å²) in [7, 11) is 1.10. The molecule has 0 amide bonds. The van der Waals surface area contributed by atoms with E-state index in [9.17, 15) is 14.7 Å². The summed E-state index contributed by atoms with van der Waals surface area (Å²) in [6.45, 7) is 3.69. The molecule has 0 atom stereocenters. The van der Waals surface area contributed by atoms with Crippen molar-refractivity contribution in [1.82, 2.24) is 0 Å². The van der Waals surface area contributed by atoms with Crippen LogP contribution >= 0.6 is 0 Å². The van der Waals surface area contributed by atoms with Gasteiger partial charge in [-0.25, -0.2) is 4.79 Å². The van der Waals surface area contributed by atoms with Crippen LogP contribution in [-0.4, -0.2) is 30.1 Å². The molecule has 0 bridgehead atoms. The Bertz CT molecular complexity index is 502. The van der Waals surface area contributed by atoms with E-state index in [0.717, 1.165) is 13.2 Å². The van der Waals surface area contributed by atoms with Crippen LogP contribution in [0.15, 0.2) is 30.3 Å². The Kier molecular flexibility index (Phi) is 5.11. The van der Waals surface area contributed by atoms with Crippen molar-refractivity contribution in [2.75, 3.05) is 7.11 Å². The second-order valence-electron chi connectivity index (χ2n) is 4.05. The molecule has 0 radical (unpaired) electrons. The Morgan fingerprint density at radius 2 is 1.89 bits per heavy atom. The molecule has 1 aromatic carbocycles. The summed E-state index contributed by atoms with van der Waals surface area (Å²) in [6.07, 6.45) is 0.735. The Balaban J connectivity index is 3.05. The molecule has 0 aromatic heterocycles. The van der Waals surface area contributed by atoms with E-state index in [4.69, 9.17) is 4.74 Å². The molecule has 0 fully saturated rings. The van der Waals surface area contributed by atoms with Crippen LogP contribution in [0.1, 0.15) is 19.4 Å². The average molecular weight is 264 g/mol. The molecule has 0 heterocycles. The normalized spacial score (nSPS) is 11.3. The second kappa shape index (κ2) is 6.58. The Morgan fingerprint density at radius 3 is 2.47 bits per heavy atom. The monoisotopic (exact) mass is 264 g/mol. The van der Waals surface area contributed by atoms with Gasteiger partial charge in [0.05, 0.1) is 18.8 Å². The molecule has 1 aromatic rings. The van der Waals surface area contributed by atoms with Crippen molar-refractivity contribution in [3.05, 3.63) is 35.9 Å². The number of para-hydroxylation sites is 1. The quantitative estimate of drug-likeness (QED) is 0.381. The van der Waals surface area contributed by atoms with Gasteiger partial charge in [-0.1, -0.05) is 12.1 Å². The van der Waals surface area contributed by atoms with Crippen LogP contribution < -0.4 is 4.74 Å². The Labute approximate surface area is 111 Å². The number of hydrogen-bond donors (Lipinski definition) is 1. The van der Waals surface area contributed by atoms with Crippen LogP contribution in [0.3, 0.4) is 0 Å². The zero-order valence-electron chi connectivity index (χ0n) is 11.0. The maximum atomic E-state index is 11.3. The van der Waals surface area contributed by atoms with Crippen LogP contribution in [0, 0.1) is 0 Å². The summed E-state index contributed by atoms with van der Waals surface area (Å²) in [5.74, 6) is -1.87. The summed E-state index contributed by atoms with van der Waals surface area (Å²) in [4.78, 5) is 22.3. The van der Waals surface area contributed by atoms with Gasteiger partial charge in [-0.2, -0.15) is 0 Å². The minimum Gasteiger partial charge on any atom is -0.507 e. The number of ether oxygens (including phenoxy) is 2. The van der Waals surface area contributed by atoms with Gasteiger partial charge in [0.25, 0.3) is 5.78 Å². The molecular weight excluding hydrogens is 248 g/mol. The highest BCUT2D eigenvalue weighted by Gasteiger charge is 2.15. The van der Waals surface area contributed by atoms with Gasteiger partial charge in [0, 0.05) is 6.08 Å². The fourth-order valence-electron chi connectivity index (χ4n) is 1.40. The number of methoxy groups -OCH3 is 1. The molecule has 19 heavy (non-hydrogen) atoms. The van der Waals surface area contributed by atoms with Crippen molar-refractivity contribution >= 4 is 17.5 Å². The average Bonchev–Trinajstić information content (AvgIpc) is 2.37. The van der Waals surface area contributed by atoms with Crippen LogP contribution in [0.5, 0.6) is 5.75 Å². The van der Waals surface area contributed by atoms with Gasteiger partial charge in [0.15, 0.2) is 0 Å². The molecule has 5 heteroatoms. The first kappa shape index (κ1) is 14.8. The number of carbonyl (C=O) groups excluding carboxylic acids is 2. The highest BCUT2D eigenvalue weighted by atomic mass is 16.5. The number of carbonyl (C=O) groups is 2. The van der Waals surface area contributed by atoms with E-state index in [-0.39, 0.29) is 11.9 Å². The Morgan fingerprint density at radius 1 is 1.26 bits per heavy atom. The lowest BCUT2D eigenvalue weighted by Crippen LogP contribution is -2.13. The largest absolute Gasteiger partial charge is 0.507 e. The maximum Gasteiger partial charge on any atom is 0.378 e. The van der Waals surface area contributed by atoms with Gasteiger partial charge >= 0.3 is 5.97 Å². The van der Waals surface area contributed by atoms with Crippen LogP contribution in [0.25, 0.3) is 5.76 Å². The fraction of sp³-hybridized carbons (Fsp3) is 0.286. The van der Waals surface area contributed by atoms with E-state index in [1.807, 2.05) is 13.8 Å². The predicted molar refractivity (Wildman–Crippen MR) is 69.8 cm³/mol. The molecule has 0 saturated carbocycles. The number of aliphatic hydroxyl groups excluding tert-OH is 1. The van der Waals surface area contributed by atoms with Gasteiger partial charge in [-0.05, 0) is 26.0 Å². The summed E-state index contributed by atoms with van der Waals surface area (Å²) < 4.78 is 9.77. The van der Waals surface area contributed by atoms with Gasteiger partial charge in [-0.3, -0.25) is 4.79 Å². The van der Waals surface area contributed by atoms with E-state index in [1.54, 1.807) is 24.3 Å². The third-order valence-electron chi connectivity index (χ3n) is 2.18. The predicted octanol–water partition coefficient (Wildman–Crippen LogP) is 2.11. The Hall–Kier alpha value is -2.30. The topological polar surface area (TPSA) is 72.8 Å². The van der Waals surface area contributed by atoms with Gasteiger partial charge in [0.1, 0.15) is 11.5 Å². The molecule has 102 valence electrons. The lowest BCUT2D eigenvalue weighted by atomic mass is 10.1. The van der Waals surface area contributed by atoms with Crippen molar-refractivity contribution in [3.63, 3.8) is 0 Å². The summed E-state index contributed by atoms with van der Waals surface area (Å²) in [6, 6.07) is 6.70. The van der Waals surface area contributed by atoms with Gasteiger partial charge in [-0.15, -0.1) is 0 Å². The number of rotatable bonds is 5.